The molecule has 0 aromatic heterocycles. The summed E-state index contributed by atoms with van der Waals surface area (Å²) in [5.74, 6) is -1.16. The van der Waals surface area contributed by atoms with Crippen molar-refractivity contribution in [3.05, 3.63) is 36.5 Å². The number of allylic oxidation sites excluding steroid dienone is 5. The first kappa shape index (κ1) is 52.2. The number of hydrogen-bond donors (Lipinski definition) is 4. The molecule has 316 valence electrons. The minimum absolute atomic E-state index is 0.100. The van der Waals surface area contributed by atoms with Crippen molar-refractivity contribution in [2.24, 2.45) is 0 Å². The molecule has 10 nitrogen and oxygen atoms in total. The molecule has 0 spiro atoms. The van der Waals surface area contributed by atoms with E-state index in [0.717, 1.165) is 38.5 Å². The number of phosphoric acid groups is 1. The number of esters is 2. The summed E-state index contributed by atoms with van der Waals surface area (Å²) in [5.41, 5.74) is 0. The Hall–Kier alpha value is -1.81. The van der Waals surface area contributed by atoms with Crippen LogP contribution in [0.2, 0.25) is 0 Å². The highest BCUT2D eigenvalue weighted by Gasteiger charge is 2.23. The summed E-state index contributed by atoms with van der Waals surface area (Å²) in [7, 11) is -4.83. The third kappa shape index (κ3) is 38.5. The van der Waals surface area contributed by atoms with E-state index in [1.54, 1.807) is 0 Å². The minimum Gasteiger partial charge on any atom is -0.462 e. The van der Waals surface area contributed by atoms with Crippen LogP contribution < -0.4 is 0 Å². The standard InChI is InChI=1S/C43H79O10P/c1-3-5-7-9-11-13-15-17-18-19-20-21-23-25-27-29-31-35-42(46)51-37-39(38-52-54(48,49)50)53-43(47)36-32-34-41(45)40(44)33-30-28-26-24-22-16-14-12-10-8-6-4-2/h12,14,22,24,28,30,39-41,44-45H,3-11,13,15-21,23,25-27,29,31-38H2,1-2H3,(H2,48,49,50)/b14-12-,24-22-,30-28-/t39-,40?,41?/m1/s1. The second-order valence-corrected chi connectivity index (χ2v) is 15.9. The predicted molar refractivity (Wildman–Crippen MR) is 219 cm³/mol. The molecule has 0 fully saturated rings. The van der Waals surface area contributed by atoms with Crippen molar-refractivity contribution in [1.82, 2.24) is 0 Å². The van der Waals surface area contributed by atoms with Crippen molar-refractivity contribution in [2.45, 2.75) is 212 Å². The van der Waals surface area contributed by atoms with Crippen LogP contribution in [0.4, 0.5) is 0 Å². The Morgan fingerprint density at radius 3 is 1.56 bits per heavy atom. The Morgan fingerprint density at radius 2 is 1.02 bits per heavy atom. The molecular weight excluding hydrogens is 707 g/mol. The highest BCUT2D eigenvalue weighted by molar-refractivity contribution is 7.46. The molecule has 0 aliphatic heterocycles. The van der Waals surface area contributed by atoms with Gasteiger partial charge in [0.05, 0.1) is 18.8 Å². The molecule has 0 aliphatic carbocycles. The van der Waals surface area contributed by atoms with Gasteiger partial charge >= 0.3 is 19.8 Å². The van der Waals surface area contributed by atoms with Gasteiger partial charge in [0.2, 0.25) is 0 Å². The largest absolute Gasteiger partial charge is 0.469 e. The van der Waals surface area contributed by atoms with Gasteiger partial charge in [0, 0.05) is 12.8 Å². The van der Waals surface area contributed by atoms with Crippen LogP contribution in [0.15, 0.2) is 36.5 Å². The van der Waals surface area contributed by atoms with E-state index in [1.165, 1.54) is 103 Å². The second kappa shape index (κ2) is 38.1. The number of ether oxygens (including phenoxy) is 2. The Labute approximate surface area is 328 Å². The Kier molecular flexibility index (Phi) is 36.8. The minimum atomic E-state index is -4.83. The molecule has 11 heteroatoms. The Balaban J connectivity index is 4.13. The average molecular weight is 787 g/mol. The van der Waals surface area contributed by atoms with Gasteiger partial charge in [0.25, 0.3) is 0 Å². The van der Waals surface area contributed by atoms with E-state index in [2.05, 4.69) is 42.7 Å². The zero-order valence-electron chi connectivity index (χ0n) is 34.1. The summed E-state index contributed by atoms with van der Waals surface area (Å²) in [4.78, 5) is 42.9. The first-order chi connectivity index (χ1) is 26.1. The van der Waals surface area contributed by atoms with Crippen molar-refractivity contribution in [1.29, 1.82) is 0 Å². The normalized spacial score (nSPS) is 14.0. The summed E-state index contributed by atoms with van der Waals surface area (Å²) in [6, 6.07) is 0. The predicted octanol–water partition coefficient (Wildman–Crippen LogP) is 10.9. The van der Waals surface area contributed by atoms with Gasteiger partial charge in [-0.25, -0.2) is 4.57 Å². The van der Waals surface area contributed by atoms with Gasteiger partial charge in [0.15, 0.2) is 6.10 Å². The summed E-state index contributed by atoms with van der Waals surface area (Å²) in [6.07, 6.45) is 37.5. The molecule has 0 radical (unpaired) electrons. The zero-order chi connectivity index (χ0) is 40.0. The smallest absolute Gasteiger partial charge is 0.462 e. The fourth-order valence-electron chi connectivity index (χ4n) is 6.01. The number of unbranched alkanes of at least 4 members (excludes halogenated alkanes) is 19. The summed E-state index contributed by atoms with van der Waals surface area (Å²) in [5, 5.41) is 20.6. The van der Waals surface area contributed by atoms with Crippen LogP contribution >= 0.6 is 7.82 Å². The maximum atomic E-state index is 12.4. The molecule has 4 N–H and O–H groups in total. The molecule has 54 heavy (non-hydrogen) atoms. The number of carbonyl (C=O) groups excluding carboxylic acids is 2. The Morgan fingerprint density at radius 1 is 0.556 bits per heavy atom. The van der Waals surface area contributed by atoms with Crippen LogP contribution in [-0.4, -0.2) is 63.5 Å². The monoisotopic (exact) mass is 787 g/mol. The highest BCUT2D eigenvalue weighted by Crippen LogP contribution is 2.36. The number of phosphoric ester groups is 1. The van der Waals surface area contributed by atoms with Crippen molar-refractivity contribution in [3.8, 4) is 0 Å². The third-order valence-electron chi connectivity index (χ3n) is 9.36. The second-order valence-electron chi connectivity index (χ2n) is 14.6. The van der Waals surface area contributed by atoms with E-state index in [9.17, 15) is 24.4 Å². The molecule has 0 saturated heterocycles. The first-order valence-electron chi connectivity index (χ1n) is 21.4. The van der Waals surface area contributed by atoms with Gasteiger partial charge in [0.1, 0.15) is 6.61 Å². The van der Waals surface area contributed by atoms with E-state index in [4.69, 9.17) is 19.3 Å². The quantitative estimate of drug-likeness (QED) is 0.0204. The van der Waals surface area contributed by atoms with Crippen LogP contribution in [0.5, 0.6) is 0 Å². The SMILES string of the molecule is CCCCC/C=C\C/C=C\C/C=C\CC(O)C(O)CCCC(=O)O[C@H](COC(=O)CCCCCCCCCCCCCCCCCCC)COP(=O)(O)O. The molecule has 0 bridgehead atoms. The van der Waals surface area contributed by atoms with E-state index < -0.39 is 44.7 Å². The van der Waals surface area contributed by atoms with Crippen LogP contribution in [0.1, 0.15) is 194 Å². The van der Waals surface area contributed by atoms with E-state index in [1.807, 2.05) is 12.2 Å². The maximum absolute atomic E-state index is 12.4. The molecule has 0 aromatic carbocycles. The lowest BCUT2D eigenvalue weighted by Crippen LogP contribution is -2.30. The third-order valence-corrected chi connectivity index (χ3v) is 9.85. The van der Waals surface area contributed by atoms with Crippen molar-refractivity contribution in [2.75, 3.05) is 13.2 Å². The number of aliphatic hydroxyl groups excluding tert-OH is 2. The number of carbonyl (C=O) groups is 2. The molecule has 0 amide bonds. The Bertz CT molecular complexity index is 1010. The molecule has 0 heterocycles. The lowest BCUT2D eigenvalue weighted by molar-refractivity contribution is -0.161. The van der Waals surface area contributed by atoms with Gasteiger partial charge in [-0.1, -0.05) is 166 Å². The summed E-state index contributed by atoms with van der Waals surface area (Å²) >= 11 is 0. The van der Waals surface area contributed by atoms with Crippen molar-refractivity contribution < 1.29 is 48.2 Å². The van der Waals surface area contributed by atoms with Gasteiger partial charge in [-0.05, 0) is 51.4 Å². The topological polar surface area (TPSA) is 160 Å². The van der Waals surface area contributed by atoms with E-state index in [-0.39, 0.29) is 38.7 Å². The summed E-state index contributed by atoms with van der Waals surface area (Å²) in [6.45, 7) is 3.43. The maximum Gasteiger partial charge on any atom is 0.469 e. The van der Waals surface area contributed by atoms with Gasteiger partial charge in [-0.3, -0.25) is 14.1 Å². The zero-order valence-corrected chi connectivity index (χ0v) is 35.0. The highest BCUT2D eigenvalue weighted by atomic mass is 31.2. The van der Waals surface area contributed by atoms with E-state index in [0.29, 0.717) is 6.42 Å². The van der Waals surface area contributed by atoms with Crippen LogP contribution in [0.3, 0.4) is 0 Å². The summed E-state index contributed by atoms with van der Waals surface area (Å²) < 4.78 is 26.2. The van der Waals surface area contributed by atoms with Gasteiger partial charge in [-0.15, -0.1) is 0 Å². The lowest BCUT2D eigenvalue weighted by atomic mass is 10.0. The molecule has 0 saturated carbocycles. The van der Waals surface area contributed by atoms with Gasteiger partial charge in [-0.2, -0.15) is 0 Å². The van der Waals surface area contributed by atoms with Gasteiger partial charge < -0.3 is 29.5 Å². The number of hydrogen-bond acceptors (Lipinski definition) is 8. The first-order valence-corrected chi connectivity index (χ1v) is 23.0. The van der Waals surface area contributed by atoms with Crippen molar-refractivity contribution in [3.63, 3.8) is 0 Å². The molecule has 3 atom stereocenters. The van der Waals surface area contributed by atoms with Crippen molar-refractivity contribution >= 4 is 19.8 Å². The fourth-order valence-corrected chi connectivity index (χ4v) is 6.37. The fraction of sp³-hybridized carbons (Fsp3) is 0.814. The molecule has 2 unspecified atom stereocenters. The lowest BCUT2D eigenvalue weighted by Gasteiger charge is -2.19. The molecule has 0 rings (SSSR count). The number of aliphatic hydroxyl groups is 2. The average Bonchev–Trinajstić information content (AvgIpc) is 3.13. The van der Waals surface area contributed by atoms with Crippen LogP contribution in [0, 0.1) is 0 Å². The van der Waals surface area contributed by atoms with E-state index >= 15 is 0 Å². The van der Waals surface area contributed by atoms with Crippen LogP contribution in [-0.2, 0) is 28.2 Å². The molecule has 0 aromatic rings. The number of rotatable bonds is 39. The molecule has 0 aliphatic rings. The van der Waals surface area contributed by atoms with Crippen LogP contribution in [0.25, 0.3) is 0 Å². The molecular formula is C43H79O10P.